The van der Waals surface area contributed by atoms with Gasteiger partial charge in [0.05, 0.1) is 18.1 Å². The molecule has 1 rings (SSSR count). The molecule has 5 nitrogen and oxygen atoms in total. The molecule has 1 aromatic rings. The highest BCUT2D eigenvalue weighted by molar-refractivity contribution is 8.00. The van der Waals surface area contributed by atoms with Crippen LogP contribution in [0.4, 0.5) is 11.4 Å². The number of thioether (sulfide) groups is 1. The van der Waals surface area contributed by atoms with Gasteiger partial charge in [-0.25, -0.2) is 0 Å². The highest BCUT2D eigenvalue weighted by Crippen LogP contribution is 2.12. The summed E-state index contributed by atoms with van der Waals surface area (Å²) in [4.78, 5) is 22.6. The maximum atomic E-state index is 11.5. The molecule has 0 heterocycles. The third-order valence-corrected chi connectivity index (χ3v) is 2.83. The van der Waals surface area contributed by atoms with Crippen LogP contribution in [-0.4, -0.2) is 30.0 Å². The molecule has 18 heavy (non-hydrogen) atoms. The van der Waals surface area contributed by atoms with E-state index in [1.165, 1.54) is 11.8 Å². The molecule has 0 aromatic heterocycles. The molecule has 0 unspecified atom stereocenters. The molecule has 6 heteroatoms. The third-order valence-electron chi connectivity index (χ3n) is 1.93. The smallest absolute Gasteiger partial charge is 0.315 e. The van der Waals surface area contributed by atoms with Crippen LogP contribution in [0.5, 0.6) is 0 Å². The van der Waals surface area contributed by atoms with E-state index < -0.39 is 0 Å². The van der Waals surface area contributed by atoms with Gasteiger partial charge in [-0.05, 0) is 25.1 Å². The topological polar surface area (TPSA) is 81.4 Å². The quantitative estimate of drug-likeness (QED) is 0.603. The average Bonchev–Trinajstić information content (AvgIpc) is 2.29. The van der Waals surface area contributed by atoms with Gasteiger partial charge in [0.25, 0.3) is 0 Å². The summed E-state index contributed by atoms with van der Waals surface area (Å²) in [6, 6.07) is 6.93. The Balaban J connectivity index is 2.28. The number of ether oxygens (including phenoxy) is 1. The summed E-state index contributed by atoms with van der Waals surface area (Å²) in [5.41, 5.74) is 6.83. The number of amides is 1. The van der Waals surface area contributed by atoms with Crippen molar-refractivity contribution in [1.82, 2.24) is 0 Å². The number of hydrogen-bond donors (Lipinski definition) is 2. The minimum atomic E-state index is -0.306. The van der Waals surface area contributed by atoms with Crippen LogP contribution in [0.25, 0.3) is 0 Å². The second-order valence-electron chi connectivity index (χ2n) is 3.47. The highest BCUT2D eigenvalue weighted by Gasteiger charge is 2.06. The largest absolute Gasteiger partial charge is 0.465 e. The zero-order valence-corrected chi connectivity index (χ0v) is 11.0. The molecule has 0 saturated heterocycles. The van der Waals surface area contributed by atoms with Crippen LogP contribution in [0.2, 0.25) is 0 Å². The number of nitrogens with one attached hydrogen (secondary N) is 1. The molecule has 0 atom stereocenters. The van der Waals surface area contributed by atoms with Crippen molar-refractivity contribution in [2.75, 3.05) is 29.2 Å². The number of benzene rings is 1. The Morgan fingerprint density at radius 1 is 1.39 bits per heavy atom. The highest BCUT2D eigenvalue weighted by atomic mass is 32.2. The first-order chi connectivity index (χ1) is 8.61. The first-order valence-corrected chi connectivity index (χ1v) is 6.66. The molecule has 0 aliphatic carbocycles. The maximum Gasteiger partial charge on any atom is 0.315 e. The lowest BCUT2D eigenvalue weighted by Gasteiger charge is -2.05. The van der Waals surface area contributed by atoms with E-state index in [0.717, 1.165) is 0 Å². The molecule has 0 radical (unpaired) electrons. The number of anilines is 2. The summed E-state index contributed by atoms with van der Waals surface area (Å²) in [5, 5.41) is 2.70. The van der Waals surface area contributed by atoms with E-state index >= 15 is 0 Å². The van der Waals surface area contributed by atoms with E-state index in [1.807, 2.05) is 0 Å². The van der Waals surface area contributed by atoms with Crippen LogP contribution in [0.15, 0.2) is 24.3 Å². The lowest BCUT2D eigenvalue weighted by Crippen LogP contribution is -2.16. The number of carbonyl (C=O) groups is 2. The van der Waals surface area contributed by atoms with Gasteiger partial charge in [0.15, 0.2) is 0 Å². The summed E-state index contributed by atoms with van der Waals surface area (Å²) in [5.74, 6) is -0.0969. The minimum Gasteiger partial charge on any atom is -0.465 e. The predicted octanol–water partition coefficient (Wildman–Crippen LogP) is 1.50. The minimum absolute atomic E-state index is 0.171. The number of nitrogens with two attached hydrogens (primary N) is 1. The Bertz CT molecular complexity index is 424. The second kappa shape index (κ2) is 7.60. The zero-order chi connectivity index (χ0) is 13.4. The monoisotopic (exact) mass is 268 g/mol. The Hall–Kier alpha value is -1.69. The molecule has 98 valence electrons. The van der Waals surface area contributed by atoms with Gasteiger partial charge in [0.2, 0.25) is 5.91 Å². The van der Waals surface area contributed by atoms with Crippen LogP contribution < -0.4 is 11.1 Å². The van der Waals surface area contributed by atoms with Crippen molar-refractivity contribution in [3.8, 4) is 0 Å². The van der Waals surface area contributed by atoms with Crippen molar-refractivity contribution in [2.45, 2.75) is 6.92 Å². The number of carbonyl (C=O) groups excluding carboxylic acids is 2. The molecule has 1 aromatic carbocycles. The summed E-state index contributed by atoms with van der Waals surface area (Å²) < 4.78 is 4.75. The molecular weight excluding hydrogens is 252 g/mol. The molecule has 0 spiro atoms. The predicted molar refractivity (Wildman–Crippen MR) is 73.4 cm³/mol. The normalized spacial score (nSPS) is 9.83. The van der Waals surface area contributed by atoms with Crippen molar-refractivity contribution in [2.24, 2.45) is 0 Å². The van der Waals surface area contributed by atoms with Crippen molar-refractivity contribution in [3.05, 3.63) is 24.3 Å². The molecule has 0 bridgehead atoms. The van der Waals surface area contributed by atoms with Crippen molar-refractivity contribution < 1.29 is 14.3 Å². The number of hydrogen-bond acceptors (Lipinski definition) is 5. The number of esters is 1. The van der Waals surface area contributed by atoms with E-state index in [-0.39, 0.29) is 23.4 Å². The van der Waals surface area contributed by atoms with Gasteiger partial charge >= 0.3 is 5.97 Å². The molecule has 3 N–H and O–H groups in total. The Morgan fingerprint density at radius 2 is 2.17 bits per heavy atom. The first kappa shape index (κ1) is 14.4. The lowest BCUT2D eigenvalue weighted by atomic mass is 10.3. The van der Waals surface area contributed by atoms with Crippen LogP contribution >= 0.6 is 11.8 Å². The van der Waals surface area contributed by atoms with Gasteiger partial charge in [-0.15, -0.1) is 11.8 Å². The summed E-state index contributed by atoms with van der Waals surface area (Å²) in [6.07, 6.45) is 0. The fourth-order valence-corrected chi connectivity index (χ4v) is 1.85. The second-order valence-corrected chi connectivity index (χ2v) is 4.46. The van der Waals surface area contributed by atoms with E-state index in [1.54, 1.807) is 31.2 Å². The zero-order valence-electron chi connectivity index (χ0n) is 10.1. The molecule has 1 amide bonds. The van der Waals surface area contributed by atoms with E-state index in [2.05, 4.69) is 5.32 Å². The summed E-state index contributed by atoms with van der Waals surface area (Å²) in [7, 11) is 0. The molecule has 0 aliphatic heterocycles. The van der Waals surface area contributed by atoms with Crippen LogP contribution in [-0.2, 0) is 14.3 Å². The maximum absolute atomic E-state index is 11.5. The Kier molecular flexibility index (Phi) is 6.07. The third kappa shape index (κ3) is 5.58. The SMILES string of the molecule is CCOC(=O)CSCC(=O)Nc1cccc(N)c1. The van der Waals surface area contributed by atoms with Gasteiger partial charge in [0.1, 0.15) is 0 Å². The van der Waals surface area contributed by atoms with Gasteiger partial charge in [-0.1, -0.05) is 6.07 Å². The van der Waals surface area contributed by atoms with Crippen molar-refractivity contribution >= 4 is 35.0 Å². The van der Waals surface area contributed by atoms with Crippen LogP contribution in [0.1, 0.15) is 6.92 Å². The molecule has 0 aliphatic rings. The number of nitrogen functional groups attached to an aromatic ring is 1. The average molecular weight is 268 g/mol. The van der Waals surface area contributed by atoms with Crippen LogP contribution in [0, 0.1) is 0 Å². The van der Waals surface area contributed by atoms with Crippen molar-refractivity contribution in [3.63, 3.8) is 0 Å². The van der Waals surface area contributed by atoms with Gasteiger partial charge in [-0.2, -0.15) is 0 Å². The molecule has 0 fully saturated rings. The lowest BCUT2D eigenvalue weighted by molar-refractivity contribution is -0.139. The first-order valence-electron chi connectivity index (χ1n) is 5.50. The van der Waals surface area contributed by atoms with Crippen LogP contribution in [0.3, 0.4) is 0 Å². The molecular formula is C12H16N2O3S. The fourth-order valence-electron chi connectivity index (χ4n) is 1.24. The Labute approximate surface area is 110 Å². The fraction of sp³-hybridized carbons (Fsp3) is 0.333. The van der Waals surface area contributed by atoms with Gasteiger partial charge in [-0.3, -0.25) is 9.59 Å². The summed E-state index contributed by atoms with van der Waals surface area (Å²) in [6.45, 7) is 2.10. The van der Waals surface area contributed by atoms with E-state index in [0.29, 0.717) is 18.0 Å². The number of rotatable bonds is 6. The standard InChI is InChI=1S/C12H16N2O3S/c1-2-17-12(16)8-18-7-11(15)14-10-5-3-4-9(13)6-10/h3-6H,2,7-8,13H2,1H3,(H,14,15). The van der Waals surface area contributed by atoms with Crippen molar-refractivity contribution in [1.29, 1.82) is 0 Å². The van der Waals surface area contributed by atoms with Gasteiger partial charge in [0, 0.05) is 11.4 Å². The van der Waals surface area contributed by atoms with E-state index in [4.69, 9.17) is 10.5 Å². The van der Waals surface area contributed by atoms with Gasteiger partial charge < -0.3 is 15.8 Å². The molecule has 0 saturated carbocycles. The Morgan fingerprint density at radius 3 is 2.83 bits per heavy atom. The summed E-state index contributed by atoms with van der Waals surface area (Å²) >= 11 is 1.22. The van der Waals surface area contributed by atoms with E-state index in [9.17, 15) is 9.59 Å².